The van der Waals surface area contributed by atoms with Gasteiger partial charge in [0.15, 0.2) is 0 Å². The highest BCUT2D eigenvalue weighted by Gasteiger charge is 2.46. The number of aryl methyl sites for hydroxylation is 2. The van der Waals surface area contributed by atoms with Gasteiger partial charge in [0.1, 0.15) is 17.4 Å². The molecule has 0 bridgehead atoms. The van der Waals surface area contributed by atoms with Crippen molar-refractivity contribution in [1.29, 1.82) is 0 Å². The Morgan fingerprint density at radius 1 is 1.24 bits per heavy atom. The van der Waals surface area contributed by atoms with Crippen molar-refractivity contribution < 1.29 is 19.1 Å². The fourth-order valence-electron chi connectivity index (χ4n) is 3.40. The van der Waals surface area contributed by atoms with E-state index in [4.69, 9.17) is 0 Å². The Morgan fingerprint density at radius 2 is 1.93 bits per heavy atom. The third kappa shape index (κ3) is 3.88. The predicted octanol–water partition coefficient (Wildman–Crippen LogP) is 2.22. The maximum absolute atomic E-state index is 14.7. The number of likely N-dealkylation sites (tertiary alicyclic amines) is 1. The van der Waals surface area contributed by atoms with Gasteiger partial charge in [-0.05, 0) is 34.0 Å². The predicted molar refractivity (Wildman–Crippen MR) is 105 cm³/mol. The number of likely N-dealkylation sites (N-methyl/N-ethyl adjacent to an activating group) is 1. The number of nitrogens with zero attached hydrogens (tertiary/aromatic N) is 4. The zero-order valence-corrected chi connectivity index (χ0v) is 16.8. The quantitative estimate of drug-likeness (QED) is 0.472. The van der Waals surface area contributed by atoms with Crippen molar-refractivity contribution in [3.05, 3.63) is 64.5 Å². The number of hydrogen-bond acceptors (Lipinski definition) is 6. The number of amides is 1. The maximum Gasteiger partial charge on any atom is 0.295 e. The van der Waals surface area contributed by atoms with E-state index < -0.39 is 29.3 Å². The molecule has 1 saturated heterocycles. The van der Waals surface area contributed by atoms with Crippen molar-refractivity contribution in [2.45, 2.75) is 19.9 Å². The van der Waals surface area contributed by atoms with Crippen LogP contribution in [0, 0.1) is 19.7 Å². The molecule has 2 heterocycles. The van der Waals surface area contributed by atoms with Crippen LogP contribution >= 0.6 is 0 Å². The number of benzene rings is 1. The second kappa shape index (κ2) is 8.08. The summed E-state index contributed by atoms with van der Waals surface area (Å²) in [5, 5.41) is 11.0. The first kappa shape index (κ1) is 20.6. The number of carbonyl (C=O) groups excluding carboxylic acids is 2. The molecule has 0 aliphatic carbocycles. The average molecular weight is 398 g/mol. The lowest BCUT2D eigenvalue weighted by Gasteiger charge is -2.26. The largest absolute Gasteiger partial charge is 0.507 e. The molecule has 3 rings (SSSR count). The van der Waals surface area contributed by atoms with Crippen LogP contribution in [-0.4, -0.2) is 63.7 Å². The number of aliphatic hydroxyl groups is 1. The van der Waals surface area contributed by atoms with Crippen LogP contribution in [0.25, 0.3) is 5.76 Å². The minimum absolute atomic E-state index is 0.151. The van der Waals surface area contributed by atoms with E-state index in [-0.39, 0.29) is 23.2 Å². The molecular formula is C21H23FN4O3. The number of aromatic nitrogens is 2. The standard InChI is InChI=1S/C21H23FN4O3/c1-12-15(11-23-13(2)24-12)19(27)17-18(14-7-5-6-8-16(14)22)26(10-9-25(3)4)21(29)20(17)28/h5-8,11,18,27H,9-10H2,1-4H3/t18-/m1/s1. The first-order valence-corrected chi connectivity index (χ1v) is 9.20. The van der Waals surface area contributed by atoms with Gasteiger partial charge in [0.25, 0.3) is 11.7 Å². The molecule has 1 N–H and O–H groups in total. The zero-order chi connectivity index (χ0) is 21.3. The van der Waals surface area contributed by atoms with Crippen molar-refractivity contribution >= 4 is 17.4 Å². The van der Waals surface area contributed by atoms with Crippen molar-refractivity contribution in [1.82, 2.24) is 19.8 Å². The molecule has 1 amide bonds. The Hall–Kier alpha value is -3.13. The fourth-order valence-corrected chi connectivity index (χ4v) is 3.40. The van der Waals surface area contributed by atoms with E-state index in [0.717, 1.165) is 0 Å². The van der Waals surface area contributed by atoms with Crippen LogP contribution in [0.15, 0.2) is 36.0 Å². The Kier molecular flexibility index (Phi) is 5.74. The second-order valence-corrected chi connectivity index (χ2v) is 7.23. The highest BCUT2D eigenvalue weighted by atomic mass is 19.1. The number of hydrogen-bond donors (Lipinski definition) is 1. The number of ketones is 1. The average Bonchev–Trinajstić information content (AvgIpc) is 2.90. The third-order valence-electron chi connectivity index (χ3n) is 4.88. The SMILES string of the molecule is Cc1ncc(C(O)=C2C(=O)C(=O)N(CCN(C)C)[C@@H]2c2ccccc2F)c(C)n1. The first-order valence-electron chi connectivity index (χ1n) is 9.20. The van der Waals surface area contributed by atoms with Gasteiger partial charge in [-0.1, -0.05) is 18.2 Å². The monoisotopic (exact) mass is 398 g/mol. The third-order valence-corrected chi connectivity index (χ3v) is 4.88. The van der Waals surface area contributed by atoms with E-state index in [9.17, 15) is 19.1 Å². The molecule has 152 valence electrons. The lowest BCUT2D eigenvalue weighted by atomic mass is 9.95. The summed E-state index contributed by atoms with van der Waals surface area (Å²) < 4.78 is 14.7. The molecule has 7 nitrogen and oxygen atoms in total. The number of carbonyl (C=O) groups is 2. The Morgan fingerprint density at radius 3 is 2.55 bits per heavy atom. The van der Waals surface area contributed by atoms with Crippen molar-refractivity contribution in [2.75, 3.05) is 27.2 Å². The van der Waals surface area contributed by atoms with Gasteiger partial charge in [-0.15, -0.1) is 0 Å². The highest BCUT2D eigenvalue weighted by molar-refractivity contribution is 6.46. The van der Waals surface area contributed by atoms with Gasteiger partial charge >= 0.3 is 0 Å². The number of Topliss-reactive ketones (excluding diaryl/α,β-unsaturated/α-hetero) is 1. The normalized spacial score (nSPS) is 18.7. The summed E-state index contributed by atoms with van der Waals surface area (Å²) in [6, 6.07) is 4.91. The van der Waals surface area contributed by atoms with Gasteiger partial charge in [-0.25, -0.2) is 14.4 Å². The number of rotatable bonds is 5. The summed E-state index contributed by atoms with van der Waals surface area (Å²) in [6.07, 6.45) is 1.40. The Balaban J connectivity index is 2.21. The molecule has 1 aromatic carbocycles. The number of halogens is 1. The minimum Gasteiger partial charge on any atom is -0.507 e. The zero-order valence-electron chi connectivity index (χ0n) is 16.8. The summed E-state index contributed by atoms with van der Waals surface area (Å²) in [4.78, 5) is 37.1. The van der Waals surface area contributed by atoms with Gasteiger partial charge in [-0.3, -0.25) is 9.59 Å². The molecule has 1 aliphatic heterocycles. The highest BCUT2D eigenvalue weighted by Crippen LogP contribution is 2.40. The molecule has 0 spiro atoms. The number of aliphatic hydroxyl groups excluding tert-OH is 1. The van der Waals surface area contributed by atoms with Gasteiger partial charge < -0.3 is 14.9 Å². The molecule has 0 radical (unpaired) electrons. The summed E-state index contributed by atoms with van der Waals surface area (Å²) in [5.74, 6) is -2.07. The van der Waals surface area contributed by atoms with E-state index in [0.29, 0.717) is 18.1 Å². The molecule has 1 aliphatic rings. The molecule has 1 atom stereocenters. The molecular weight excluding hydrogens is 375 g/mol. The summed E-state index contributed by atoms with van der Waals surface area (Å²) >= 11 is 0. The van der Waals surface area contributed by atoms with Gasteiger partial charge in [0.2, 0.25) is 0 Å². The molecule has 0 saturated carbocycles. The Labute approximate surface area is 168 Å². The molecule has 29 heavy (non-hydrogen) atoms. The van der Waals surface area contributed by atoms with Crippen LogP contribution in [0.3, 0.4) is 0 Å². The smallest absolute Gasteiger partial charge is 0.295 e. The van der Waals surface area contributed by atoms with Gasteiger partial charge in [0, 0.05) is 24.8 Å². The summed E-state index contributed by atoms with van der Waals surface area (Å²) in [7, 11) is 3.67. The topological polar surface area (TPSA) is 86.6 Å². The summed E-state index contributed by atoms with van der Waals surface area (Å²) in [5.41, 5.74) is 0.691. The van der Waals surface area contributed by atoms with Crippen molar-refractivity contribution in [2.24, 2.45) is 0 Å². The van der Waals surface area contributed by atoms with E-state index in [1.165, 1.54) is 29.3 Å². The first-order chi connectivity index (χ1) is 13.7. The minimum atomic E-state index is -1.03. The fraction of sp³-hybridized carbons (Fsp3) is 0.333. The molecule has 2 aromatic rings. The lowest BCUT2D eigenvalue weighted by molar-refractivity contribution is -0.140. The van der Waals surface area contributed by atoms with Crippen molar-refractivity contribution in [3.63, 3.8) is 0 Å². The Bertz CT molecular complexity index is 1000. The molecule has 1 aromatic heterocycles. The van der Waals surface area contributed by atoms with Crippen molar-refractivity contribution in [3.8, 4) is 0 Å². The molecule has 0 unspecified atom stereocenters. The van der Waals surface area contributed by atoms with Crippen LogP contribution in [0.2, 0.25) is 0 Å². The molecule has 1 fully saturated rings. The maximum atomic E-state index is 14.7. The second-order valence-electron chi connectivity index (χ2n) is 7.23. The van der Waals surface area contributed by atoms with E-state index in [2.05, 4.69) is 9.97 Å². The van der Waals surface area contributed by atoms with E-state index >= 15 is 0 Å². The summed E-state index contributed by atoms with van der Waals surface area (Å²) in [6.45, 7) is 4.06. The van der Waals surface area contributed by atoms with Crippen LogP contribution in [0.4, 0.5) is 4.39 Å². The van der Waals surface area contributed by atoms with E-state index in [1.54, 1.807) is 19.9 Å². The van der Waals surface area contributed by atoms with Crippen LogP contribution < -0.4 is 0 Å². The molecule has 8 heteroatoms. The van der Waals surface area contributed by atoms with E-state index in [1.807, 2.05) is 19.0 Å². The van der Waals surface area contributed by atoms with Crippen LogP contribution in [0.5, 0.6) is 0 Å². The van der Waals surface area contributed by atoms with Crippen LogP contribution in [-0.2, 0) is 9.59 Å². The van der Waals surface area contributed by atoms with Crippen LogP contribution in [0.1, 0.15) is 28.7 Å². The lowest BCUT2D eigenvalue weighted by Crippen LogP contribution is -2.35. The van der Waals surface area contributed by atoms with Gasteiger partial charge in [-0.2, -0.15) is 0 Å². The van der Waals surface area contributed by atoms with Gasteiger partial charge in [0.05, 0.1) is 22.9 Å².